The Labute approximate surface area is 163 Å². The van der Waals surface area contributed by atoms with Crippen molar-refractivity contribution in [2.75, 3.05) is 5.32 Å². The van der Waals surface area contributed by atoms with Gasteiger partial charge < -0.3 is 9.73 Å². The van der Waals surface area contributed by atoms with Crippen molar-refractivity contribution in [2.24, 2.45) is 0 Å². The van der Waals surface area contributed by atoms with Gasteiger partial charge in [0, 0.05) is 16.8 Å². The zero-order valence-corrected chi connectivity index (χ0v) is 15.8. The second-order valence-corrected chi connectivity index (χ2v) is 6.71. The van der Waals surface area contributed by atoms with E-state index >= 15 is 0 Å². The second-order valence-electron chi connectivity index (χ2n) is 6.71. The second kappa shape index (κ2) is 7.53. The van der Waals surface area contributed by atoms with Crippen molar-refractivity contribution in [3.8, 4) is 22.8 Å². The Kier molecular flexibility index (Phi) is 4.77. The molecule has 0 atom stereocenters. The standard InChI is InChI=1S/C24H20N2O2/c1-16-11-13-18(14-12-16)22-15-25-24(28-22)20-9-5-4-8-19(20)23(27)26-21-10-6-3-7-17(21)2/h3-15H,1-2H3,(H,26,27). The first-order valence-corrected chi connectivity index (χ1v) is 9.11. The van der Waals surface area contributed by atoms with Crippen molar-refractivity contribution < 1.29 is 9.21 Å². The van der Waals surface area contributed by atoms with Gasteiger partial charge in [-0.3, -0.25) is 4.79 Å². The molecule has 1 N–H and O–H groups in total. The van der Waals surface area contributed by atoms with Gasteiger partial charge in [0.25, 0.3) is 5.91 Å². The van der Waals surface area contributed by atoms with E-state index in [1.807, 2.05) is 80.6 Å². The zero-order chi connectivity index (χ0) is 19.5. The maximum atomic E-state index is 12.9. The predicted octanol–water partition coefficient (Wildman–Crippen LogP) is 5.88. The number of nitrogens with one attached hydrogen (secondary N) is 1. The first-order valence-electron chi connectivity index (χ1n) is 9.11. The summed E-state index contributed by atoms with van der Waals surface area (Å²) in [7, 11) is 0. The molecule has 0 radical (unpaired) electrons. The zero-order valence-electron chi connectivity index (χ0n) is 15.8. The Bertz CT molecular complexity index is 1130. The predicted molar refractivity (Wildman–Crippen MR) is 111 cm³/mol. The number of carbonyl (C=O) groups excluding carboxylic acids is 1. The number of amides is 1. The van der Waals surface area contributed by atoms with Gasteiger partial charge in [-0.25, -0.2) is 4.98 Å². The molecule has 0 fully saturated rings. The molecule has 0 spiro atoms. The quantitative estimate of drug-likeness (QED) is 0.489. The number of para-hydroxylation sites is 1. The van der Waals surface area contributed by atoms with Crippen LogP contribution in [0.3, 0.4) is 0 Å². The van der Waals surface area contributed by atoms with Crippen LogP contribution in [-0.4, -0.2) is 10.9 Å². The van der Waals surface area contributed by atoms with Gasteiger partial charge in [0.15, 0.2) is 5.76 Å². The topological polar surface area (TPSA) is 55.1 Å². The SMILES string of the molecule is Cc1ccc(-c2cnc(-c3ccccc3C(=O)Nc3ccccc3C)o2)cc1. The van der Waals surface area contributed by atoms with E-state index in [1.165, 1.54) is 5.56 Å². The number of hydrogen-bond donors (Lipinski definition) is 1. The molecule has 4 nitrogen and oxygen atoms in total. The molecule has 1 aromatic heterocycles. The van der Waals surface area contributed by atoms with Crippen LogP contribution in [0.2, 0.25) is 0 Å². The highest BCUT2D eigenvalue weighted by molar-refractivity contribution is 6.08. The molecule has 0 bridgehead atoms. The number of nitrogens with zero attached hydrogens (tertiary/aromatic N) is 1. The molecule has 1 heterocycles. The van der Waals surface area contributed by atoms with E-state index in [9.17, 15) is 4.79 Å². The molecular formula is C24H20N2O2. The molecule has 0 saturated carbocycles. The minimum atomic E-state index is -0.194. The highest BCUT2D eigenvalue weighted by Crippen LogP contribution is 2.29. The van der Waals surface area contributed by atoms with Crippen molar-refractivity contribution in [1.82, 2.24) is 4.98 Å². The fourth-order valence-corrected chi connectivity index (χ4v) is 3.02. The van der Waals surface area contributed by atoms with Crippen molar-refractivity contribution in [3.63, 3.8) is 0 Å². The Balaban J connectivity index is 1.66. The van der Waals surface area contributed by atoms with Gasteiger partial charge in [0.05, 0.1) is 11.8 Å². The van der Waals surface area contributed by atoms with Crippen LogP contribution in [-0.2, 0) is 0 Å². The lowest BCUT2D eigenvalue weighted by Gasteiger charge is -2.10. The lowest BCUT2D eigenvalue weighted by atomic mass is 10.1. The van der Waals surface area contributed by atoms with E-state index in [1.54, 1.807) is 12.3 Å². The number of carbonyl (C=O) groups is 1. The van der Waals surface area contributed by atoms with Crippen LogP contribution >= 0.6 is 0 Å². The Morgan fingerprint density at radius 1 is 0.893 bits per heavy atom. The van der Waals surface area contributed by atoms with Crippen molar-refractivity contribution in [3.05, 3.63) is 95.7 Å². The summed E-state index contributed by atoms with van der Waals surface area (Å²) in [5.41, 5.74) is 5.10. The molecule has 0 aliphatic heterocycles. The molecular weight excluding hydrogens is 348 g/mol. The van der Waals surface area contributed by atoms with Gasteiger partial charge in [-0.2, -0.15) is 0 Å². The van der Waals surface area contributed by atoms with Crippen molar-refractivity contribution in [2.45, 2.75) is 13.8 Å². The summed E-state index contributed by atoms with van der Waals surface area (Å²) in [6, 6.07) is 23.1. The molecule has 138 valence electrons. The fraction of sp³-hybridized carbons (Fsp3) is 0.0833. The summed E-state index contributed by atoms with van der Waals surface area (Å²) in [4.78, 5) is 17.3. The molecule has 4 aromatic rings. The first kappa shape index (κ1) is 17.7. The number of hydrogen-bond acceptors (Lipinski definition) is 3. The number of anilines is 1. The van der Waals surface area contributed by atoms with Crippen LogP contribution in [0, 0.1) is 13.8 Å². The molecule has 28 heavy (non-hydrogen) atoms. The Hall–Kier alpha value is -3.66. The average molecular weight is 368 g/mol. The average Bonchev–Trinajstić information content (AvgIpc) is 3.20. The third-order valence-electron chi connectivity index (χ3n) is 4.64. The van der Waals surface area contributed by atoms with Gasteiger partial charge >= 0.3 is 0 Å². The van der Waals surface area contributed by atoms with Gasteiger partial charge in [-0.15, -0.1) is 0 Å². The summed E-state index contributed by atoms with van der Waals surface area (Å²) >= 11 is 0. The minimum absolute atomic E-state index is 0.194. The molecule has 0 saturated heterocycles. The smallest absolute Gasteiger partial charge is 0.256 e. The van der Waals surface area contributed by atoms with Gasteiger partial charge in [0.2, 0.25) is 5.89 Å². The van der Waals surface area contributed by atoms with Crippen LogP contribution in [0.15, 0.2) is 83.4 Å². The van der Waals surface area contributed by atoms with Crippen molar-refractivity contribution in [1.29, 1.82) is 0 Å². The van der Waals surface area contributed by atoms with E-state index in [4.69, 9.17) is 4.42 Å². The lowest BCUT2D eigenvalue weighted by molar-refractivity contribution is 0.102. The van der Waals surface area contributed by atoms with Crippen LogP contribution in [0.25, 0.3) is 22.8 Å². The summed E-state index contributed by atoms with van der Waals surface area (Å²) in [6.07, 6.45) is 1.69. The monoisotopic (exact) mass is 368 g/mol. The number of aryl methyl sites for hydroxylation is 2. The minimum Gasteiger partial charge on any atom is -0.436 e. The maximum absolute atomic E-state index is 12.9. The molecule has 3 aromatic carbocycles. The Morgan fingerprint density at radius 3 is 2.39 bits per heavy atom. The number of rotatable bonds is 4. The van der Waals surface area contributed by atoms with E-state index in [-0.39, 0.29) is 5.91 Å². The van der Waals surface area contributed by atoms with Crippen LogP contribution in [0.5, 0.6) is 0 Å². The van der Waals surface area contributed by atoms with E-state index in [0.29, 0.717) is 22.8 Å². The number of benzene rings is 3. The summed E-state index contributed by atoms with van der Waals surface area (Å²) < 4.78 is 5.97. The molecule has 0 aliphatic rings. The van der Waals surface area contributed by atoms with Crippen LogP contribution in [0.4, 0.5) is 5.69 Å². The van der Waals surface area contributed by atoms with Crippen LogP contribution in [0.1, 0.15) is 21.5 Å². The molecule has 4 rings (SSSR count). The fourth-order valence-electron chi connectivity index (χ4n) is 3.02. The first-order chi connectivity index (χ1) is 13.6. The Morgan fingerprint density at radius 2 is 1.61 bits per heavy atom. The summed E-state index contributed by atoms with van der Waals surface area (Å²) in [6.45, 7) is 4.00. The summed E-state index contributed by atoms with van der Waals surface area (Å²) in [5, 5.41) is 2.97. The largest absolute Gasteiger partial charge is 0.436 e. The van der Waals surface area contributed by atoms with Gasteiger partial charge in [-0.1, -0.05) is 60.2 Å². The van der Waals surface area contributed by atoms with E-state index in [0.717, 1.165) is 16.8 Å². The van der Waals surface area contributed by atoms with Gasteiger partial charge in [0.1, 0.15) is 0 Å². The summed E-state index contributed by atoms with van der Waals surface area (Å²) in [5.74, 6) is 0.898. The molecule has 0 aliphatic carbocycles. The molecule has 4 heteroatoms. The van der Waals surface area contributed by atoms with Crippen LogP contribution < -0.4 is 5.32 Å². The molecule has 1 amide bonds. The third-order valence-corrected chi connectivity index (χ3v) is 4.64. The van der Waals surface area contributed by atoms with E-state index in [2.05, 4.69) is 10.3 Å². The normalized spacial score (nSPS) is 10.6. The lowest BCUT2D eigenvalue weighted by Crippen LogP contribution is -2.13. The van der Waals surface area contributed by atoms with Gasteiger partial charge in [-0.05, 0) is 37.6 Å². The number of oxazole rings is 1. The third kappa shape index (κ3) is 3.58. The molecule has 0 unspecified atom stereocenters. The highest BCUT2D eigenvalue weighted by atomic mass is 16.4. The van der Waals surface area contributed by atoms with Crippen molar-refractivity contribution >= 4 is 11.6 Å². The van der Waals surface area contributed by atoms with E-state index < -0.39 is 0 Å². The highest BCUT2D eigenvalue weighted by Gasteiger charge is 2.17. The number of aromatic nitrogens is 1. The maximum Gasteiger partial charge on any atom is 0.256 e.